The number of hydrogen-bond acceptors (Lipinski definition) is 0. The Bertz CT molecular complexity index is 192. The smallest absolute Gasteiger partial charge is 0.00936 e. The Kier molecular flexibility index (Phi) is 3.21. The minimum Gasteiger partial charge on any atom is -0.0996 e. The highest BCUT2D eigenvalue weighted by atomic mass is 14.4. The van der Waals surface area contributed by atoms with Crippen molar-refractivity contribution in [3.63, 3.8) is 0 Å². The molecule has 0 aromatic heterocycles. The molecule has 0 radical (unpaired) electrons. The predicted molar refractivity (Wildman–Crippen MR) is 59.7 cm³/mol. The highest BCUT2D eigenvalue weighted by molar-refractivity contribution is 5.09. The predicted octanol–water partition coefficient (Wildman–Crippen LogP) is 4.42. The second-order valence-corrected chi connectivity index (χ2v) is 5.05. The molecular formula is C13H24. The summed E-state index contributed by atoms with van der Waals surface area (Å²) in [6.07, 6.45) is 5.51. The molecule has 0 aromatic rings. The first-order valence-corrected chi connectivity index (χ1v) is 5.68. The first-order chi connectivity index (χ1) is 6.02. The maximum atomic E-state index is 4.17. The van der Waals surface area contributed by atoms with Crippen LogP contribution in [0.25, 0.3) is 0 Å². The lowest BCUT2D eigenvalue weighted by Gasteiger charge is -2.45. The molecule has 0 heterocycles. The summed E-state index contributed by atoms with van der Waals surface area (Å²) < 4.78 is 0. The van der Waals surface area contributed by atoms with Gasteiger partial charge in [-0.25, -0.2) is 0 Å². The molecule has 1 saturated carbocycles. The minimum absolute atomic E-state index is 0.416. The van der Waals surface area contributed by atoms with Crippen LogP contribution in [0.4, 0.5) is 0 Å². The number of rotatable bonds is 2. The van der Waals surface area contributed by atoms with E-state index in [1.54, 1.807) is 0 Å². The Morgan fingerprint density at radius 2 is 2.15 bits per heavy atom. The van der Waals surface area contributed by atoms with E-state index in [1.165, 1.54) is 31.3 Å². The summed E-state index contributed by atoms with van der Waals surface area (Å²) in [5.41, 5.74) is 1.80. The summed E-state index contributed by atoms with van der Waals surface area (Å²) >= 11 is 0. The molecule has 0 aromatic carbocycles. The van der Waals surface area contributed by atoms with Crippen LogP contribution in [0, 0.1) is 17.3 Å². The van der Waals surface area contributed by atoms with Crippen LogP contribution in [-0.2, 0) is 0 Å². The average Bonchev–Trinajstić information content (AvgIpc) is 2.09. The Morgan fingerprint density at radius 3 is 2.62 bits per heavy atom. The van der Waals surface area contributed by atoms with Gasteiger partial charge in [0.15, 0.2) is 0 Å². The molecule has 0 amide bonds. The Labute approximate surface area is 83.4 Å². The van der Waals surface area contributed by atoms with E-state index in [9.17, 15) is 0 Å². The molecule has 0 bridgehead atoms. The van der Waals surface area contributed by atoms with E-state index in [1.807, 2.05) is 0 Å². The molecule has 0 aliphatic heterocycles. The minimum atomic E-state index is 0.416. The lowest BCUT2D eigenvalue weighted by molar-refractivity contribution is 0.103. The van der Waals surface area contributed by atoms with Crippen LogP contribution in [0.1, 0.15) is 53.4 Å². The zero-order valence-corrected chi connectivity index (χ0v) is 9.69. The fraction of sp³-hybridized carbons (Fsp3) is 0.846. The average molecular weight is 180 g/mol. The first kappa shape index (κ1) is 10.8. The van der Waals surface area contributed by atoms with E-state index in [4.69, 9.17) is 0 Å². The van der Waals surface area contributed by atoms with E-state index in [0.717, 1.165) is 11.8 Å². The van der Waals surface area contributed by atoms with Crippen molar-refractivity contribution in [2.24, 2.45) is 17.3 Å². The highest BCUT2D eigenvalue weighted by Gasteiger charge is 2.38. The molecule has 1 rings (SSSR count). The van der Waals surface area contributed by atoms with Gasteiger partial charge in [0.25, 0.3) is 0 Å². The third kappa shape index (κ3) is 1.82. The van der Waals surface area contributed by atoms with Crippen LogP contribution in [0.2, 0.25) is 0 Å². The largest absolute Gasteiger partial charge is 0.0996 e. The highest BCUT2D eigenvalue weighted by Crippen LogP contribution is 2.48. The molecule has 0 spiro atoms. The summed E-state index contributed by atoms with van der Waals surface area (Å²) in [5, 5.41) is 0. The Hall–Kier alpha value is -0.260. The molecule has 13 heavy (non-hydrogen) atoms. The van der Waals surface area contributed by atoms with Gasteiger partial charge in [0.2, 0.25) is 0 Å². The van der Waals surface area contributed by atoms with E-state index in [0.29, 0.717) is 5.41 Å². The fourth-order valence-electron chi connectivity index (χ4n) is 2.89. The van der Waals surface area contributed by atoms with E-state index >= 15 is 0 Å². The molecular weight excluding hydrogens is 156 g/mol. The van der Waals surface area contributed by atoms with Crippen molar-refractivity contribution in [3.05, 3.63) is 12.2 Å². The first-order valence-electron chi connectivity index (χ1n) is 5.68. The number of hydrogen-bond donors (Lipinski definition) is 0. The molecule has 3 unspecified atom stereocenters. The molecule has 76 valence electrons. The van der Waals surface area contributed by atoms with Crippen molar-refractivity contribution in [2.45, 2.75) is 53.4 Å². The van der Waals surface area contributed by atoms with E-state index in [2.05, 4.69) is 34.3 Å². The molecule has 3 atom stereocenters. The van der Waals surface area contributed by atoms with E-state index in [-0.39, 0.29) is 0 Å². The summed E-state index contributed by atoms with van der Waals surface area (Å²) in [6, 6.07) is 0. The van der Waals surface area contributed by atoms with Gasteiger partial charge in [-0.05, 0) is 30.6 Å². The molecule has 0 saturated heterocycles. The monoisotopic (exact) mass is 180 g/mol. The fourth-order valence-corrected chi connectivity index (χ4v) is 2.89. The van der Waals surface area contributed by atoms with Crippen molar-refractivity contribution in [1.29, 1.82) is 0 Å². The topological polar surface area (TPSA) is 0 Å². The number of allylic oxidation sites excluding steroid dienone is 1. The van der Waals surface area contributed by atoms with Crippen molar-refractivity contribution < 1.29 is 0 Å². The second-order valence-electron chi connectivity index (χ2n) is 5.05. The van der Waals surface area contributed by atoms with Gasteiger partial charge in [-0.2, -0.15) is 0 Å². The van der Waals surface area contributed by atoms with Crippen LogP contribution >= 0.6 is 0 Å². The third-order valence-corrected chi connectivity index (χ3v) is 4.48. The standard InChI is InChI=1S/C13H24/c1-6-12-8-7-9-13(5,10(2)3)11(12)4/h11-12H,2,6-9H2,1,3-5H3. The SMILES string of the molecule is C=C(C)C1(C)CCCC(CC)C1C. The van der Waals surface area contributed by atoms with Gasteiger partial charge in [0, 0.05) is 0 Å². The molecule has 0 heteroatoms. The summed E-state index contributed by atoms with van der Waals surface area (Å²) in [4.78, 5) is 0. The van der Waals surface area contributed by atoms with Crippen LogP contribution in [0.15, 0.2) is 12.2 Å². The van der Waals surface area contributed by atoms with Crippen LogP contribution in [0.5, 0.6) is 0 Å². The maximum Gasteiger partial charge on any atom is -0.00936 e. The van der Waals surface area contributed by atoms with Crippen molar-refractivity contribution >= 4 is 0 Å². The van der Waals surface area contributed by atoms with Crippen LogP contribution in [0.3, 0.4) is 0 Å². The van der Waals surface area contributed by atoms with Crippen LogP contribution < -0.4 is 0 Å². The van der Waals surface area contributed by atoms with Gasteiger partial charge in [-0.15, -0.1) is 0 Å². The molecule has 1 aliphatic carbocycles. The second kappa shape index (κ2) is 3.86. The lowest BCUT2D eigenvalue weighted by atomic mass is 9.60. The van der Waals surface area contributed by atoms with Crippen LogP contribution in [-0.4, -0.2) is 0 Å². The third-order valence-electron chi connectivity index (χ3n) is 4.48. The lowest BCUT2D eigenvalue weighted by Crippen LogP contribution is -2.35. The van der Waals surface area contributed by atoms with Gasteiger partial charge >= 0.3 is 0 Å². The molecule has 1 aliphatic rings. The Morgan fingerprint density at radius 1 is 1.54 bits per heavy atom. The zero-order chi connectivity index (χ0) is 10.1. The molecule has 1 fully saturated rings. The Balaban J connectivity index is 2.80. The van der Waals surface area contributed by atoms with Crippen molar-refractivity contribution in [2.75, 3.05) is 0 Å². The maximum absolute atomic E-state index is 4.17. The van der Waals surface area contributed by atoms with Gasteiger partial charge < -0.3 is 0 Å². The molecule has 0 N–H and O–H groups in total. The summed E-state index contributed by atoms with van der Waals surface area (Å²) in [6.45, 7) is 13.5. The van der Waals surface area contributed by atoms with Crippen molar-refractivity contribution in [1.82, 2.24) is 0 Å². The van der Waals surface area contributed by atoms with Crippen molar-refractivity contribution in [3.8, 4) is 0 Å². The van der Waals surface area contributed by atoms with E-state index < -0.39 is 0 Å². The van der Waals surface area contributed by atoms with Gasteiger partial charge in [-0.1, -0.05) is 52.2 Å². The van der Waals surface area contributed by atoms with Gasteiger partial charge in [0.1, 0.15) is 0 Å². The van der Waals surface area contributed by atoms with Gasteiger partial charge in [-0.3, -0.25) is 0 Å². The van der Waals surface area contributed by atoms with Gasteiger partial charge in [0.05, 0.1) is 0 Å². The summed E-state index contributed by atoms with van der Waals surface area (Å²) in [7, 11) is 0. The summed E-state index contributed by atoms with van der Waals surface area (Å²) in [5.74, 6) is 1.75. The zero-order valence-electron chi connectivity index (χ0n) is 9.69. The normalized spacial score (nSPS) is 40.3. The quantitative estimate of drug-likeness (QED) is 0.552. The molecule has 0 nitrogen and oxygen atoms in total.